The van der Waals surface area contributed by atoms with E-state index in [9.17, 15) is 0 Å². The fourth-order valence-corrected chi connectivity index (χ4v) is 2.69. The van der Waals surface area contributed by atoms with Crippen LogP contribution in [0.1, 0.15) is 11.7 Å². The van der Waals surface area contributed by atoms with Crippen molar-refractivity contribution in [2.45, 2.75) is 12.6 Å². The van der Waals surface area contributed by atoms with Crippen LogP contribution >= 0.6 is 23.2 Å². The van der Waals surface area contributed by atoms with Gasteiger partial charge in [0.1, 0.15) is 30.3 Å². The lowest BCUT2D eigenvalue weighted by Gasteiger charge is -2.17. The predicted molar refractivity (Wildman–Crippen MR) is 92.8 cm³/mol. The van der Waals surface area contributed by atoms with Gasteiger partial charge in [-0.25, -0.2) is 4.98 Å². The molecule has 24 heavy (non-hydrogen) atoms. The van der Waals surface area contributed by atoms with Crippen LogP contribution in [-0.4, -0.2) is 21.9 Å². The van der Waals surface area contributed by atoms with Crippen molar-refractivity contribution >= 4 is 23.2 Å². The third-order valence-electron chi connectivity index (χ3n) is 3.47. The zero-order valence-electron chi connectivity index (χ0n) is 12.9. The average Bonchev–Trinajstić information content (AvgIpc) is 3.08. The molecule has 0 aliphatic heterocycles. The van der Waals surface area contributed by atoms with E-state index in [1.54, 1.807) is 48.5 Å². The second-order valence-electron chi connectivity index (χ2n) is 5.08. The van der Waals surface area contributed by atoms with Crippen LogP contribution in [0, 0.1) is 0 Å². The fourth-order valence-electron chi connectivity index (χ4n) is 2.27. The first-order chi connectivity index (χ1) is 11.7. The Balaban J connectivity index is 1.76. The molecule has 0 bridgehead atoms. The number of hydrogen-bond acceptors (Lipinski definition) is 4. The van der Waals surface area contributed by atoms with Gasteiger partial charge < -0.3 is 9.47 Å². The Hall–Kier alpha value is -2.08. The van der Waals surface area contributed by atoms with Gasteiger partial charge in [0.2, 0.25) is 0 Å². The van der Waals surface area contributed by atoms with Crippen LogP contribution < -0.4 is 4.74 Å². The maximum Gasteiger partial charge on any atom is 0.137 e. The van der Waals surface area contributed by atoms with Gasteiger partial charge in [-0.2, -0.15) is 5.10 Å². The van der Waals surface area contributed by atoms with E-state index in [0.29, 0.717) is 28.1 Å². The molecule has 0 saturated carbocycles. The van der Waals surface area contributed by atoms with Crippen molar-refractivity contribution in [2.24, 2.45) is 0 Å². The standard InChI is InChI=1S/C17H15Cl2N3O2/c1-23-17(9-22-11-20-10-21-22)15-7-6-14(8-16(15)19)24-13-4-2-12(18)3-5-13/h2-8,10-11,17H,9H2,1H3. The van der Waals surface area contributed by atoms with Crippen LogP contribution in [0.25, 0.3) is 0 Å². The number of nitrogens with zero attached hydrogens (tertiary/aromatic N) is 3. The Morgan fingerprint density at radius 2 is 1.83 bits per heavy atom. The predicted octanol–water partition coefficient (Wildman–Crippen LogP) is 4.76. The average molecular weight is 364 g/mol. The van der Waals surface area contributed by atoms with Crippen LogP contribution in [0.2, 0.25) is 10.0 Å². The van der Waals surface area contributed by atoms with Crippen LogP contribution in [0.3, 0.4) is 0 Å². The topological polar surface area (TPSA) is 49.2 Å². The first kappa shape index (κ1) is 16.8. The monoisotopic (exact) mass is 363 g/mol. The Labute approximate surface area is 149 Å². The number of aromatic nitrogens is 3. The molecule has 0 fully saturated rings. The summed E-state index contributed by atoms with van der Waals surface area (Å²) in [6.45, 7) is 0.521. The molecule has 3 aromatic rings. The molecule has 0 radical (unpaired) electrons. The lowest BCUT2D eigenvalue weighted by atomic mass is 10.1. The lowest BCUT2D eigenvalue weighted by molar-refractivity contribution is 0.0846. The molecule has 7 heteroatoms. The van der Waals surface area contributed by atoms with Gasteiger partial charge in [-0.05, 0) is 36.4 Å². The van der Waals surface area contributed by atoms with E-state index in [4.69, 9.17) is 32.7 Å². The summed E-state index contributed by atoms with van der Waals surface area (Å²) in [7, 11) is 1.63. The molecule has 2 aromatic carbocycles. The number of rotatable bonds is 6. The van der Waals surface area contributed by atoms with Crippen LogP contribution in [-0.2, 0) is 11.3 Å². The second-order valence-corrected chi connectivity index (χ2v) is 5.92. The molecule has 0 N–H and O–H groups in total. The minimum absolute atomic E-state index is 0.233. The Morgan fingerprint density at radius 1 is 1.08 bits per heavy atom. The smallest absolute Gasteiger partial charge is 0.137 e. The molecule has 5 nitrogen and oxygen atoms in total. The first-order valence-electron chi connectivity index (χ1n) is 7.24. The molecule has 1 heterocycles. The zero-order valence-corrected chi connectivity index (χ0v) is 14.4. The summed E-state index contributed by atoms with van der Waals surface area (Å²) in [5, 5.41) is 5.31. The zero-order chi connectivity index (χ0) is 16.9. The van der Waals surface area contributed by atoms with Gasteiger partial charge in [-0.15, -0.1) is 0 Å². The van der Waals surface area contributed by atoms with Gasteiger partial charge in [0.25, 0.3) is 0 Å². The fraction of sp³-hybridized carbons (Fsp3) is 0.176. The minimum atomic E-state index is -0.233. The lowest BCUT2D eigenvalue weighted by Crippen LogP contribution is -2.12. The summed E-state index contributed by atoms with van der Waals surface area (Å²) >= 11 is 12.3. The highest BCUT2D eigenvalue weighted by Gasteiger charge is 2.16. The Morgan fingerprint density at radius 3 is 2.46 bits per heavy atom. The summed E-state index contributed by atoms with van der Waals surface area (Å²) in [6, 6.07) is 12.6. The maximum absolute atomic E-state index is 6.41. The first-order valence-corrected chi connectivity index (χ1v) is 7.99. The summed E-state index contributed by atoms with van der Waals surface area (Å²) < 4.78 is 13.0. The van der Waals surface area contributed by atoms with Crippen molar-refractivity contribution in [2.75, 3.05) is 7.11 Å². The third kappa shape index (κ3) is 4.06. The van der Waals surface area contributed by atoms with Crippen molar-refractivity contribution in [3.63, 3.8) is 0 Å². The molecule has 0 amide bonds. The van der Waals surface area contributed by atoms with E-state index < -0.39 is 0 Å². The van der Waals surface area contributed by atoms with Gasteiger partial charge in [0.15, 0.2) is 0 Å². The normalized spacial score (nSPS) is 12.1. The molecule has 0 saturated heterocycles. The van der Waals surface area contributed by atoms with E-state index in [1.807, 2.05) is 12.1 Å². The summed E-state index contributed by atoms with van der Waals surface area (Å²) in [5.74, 6) is 1.33. The second kappa shape index (κ2) is 7.66. The van der Waals surface area contributed by atoms with Crippen molar-refractivity contribution < 1.29 is 9.47 Å². The van der Waals surface area contributed by atoms with Crippen LogP contribution in [0.5, 0.6) is 11.5 Å². The van der Waals surface area contributed by atoms with Gasteiger partial charge in [0, 0.05) is 17.7 Å². The molecule has 0 aliphatic rings. The molecule has 0 spiro atoms. The van der Waals surface area contributed by atoms with Gasteiger partial charge in [0.05, 0.1) is 11.6 Å². The van der Waals surface area contributed by atoms with Crippen LogP contribution in [0.15, 0.2) is 55.1 Å². The van der Waals surface area contributed by atoms with Gasteiger partial charge >= 0.3 is 0 Å². The van der Waals surface area contributed by atoms with Crippen molar-refractivity contribution in [1.82, 2.24) is 14.8 Å². The molecule has 3 rings (SSSR count). The van der Waals surface area contributed by atoms with Crippen molar-refractivity contribution in [3.05, 3.63) is 70.7 Å². The molecule has 124 valence electrons. The van der Waals surface area contributed by atoms with E-state index in [1.165, 1.54) is 6.33 Å². The van der Waals surface area contributed by atoms with E-state index in [0.717, 1.165) is 5.56 Å². The highest BCUT2D eigenvalue weighted by atomic mass is 35.5. The molecular formula is C17H15Cl2N3O2. The summed E-state index contributed by atoms with van der Waals surface area (Å²) in [6.07, 6.45) is 2.89. The molecule has 1 aromatic heterocycles. The Kier molecular flexibility index (Phi) is 5.35. The highest BCUT2D eigenvalue weighted by Crippen LogP contribution is 2.32. The maximum atomic E-state index is 6.41. The van der Waals surface area contributed by atoms with Crippen molar-refractivity contribution in [1.29, 1.82) is 0 Å². The van der Waals surface area contributed by atoms with E-state index >= 15 is 0 Å². The van der Waals surface area contributed by atoms with E-state index in [-0.39, 0.29) is 6.10 Å². The molecule has 1 atom stereocenters. The number of hydrogen-bond donors (Lipinski definition) is 0. The number of methoxy groups -OCH3 is 1. The quantitative estimate of drug-likeness (QED) is 0.633. The number of halogens is 2. The molecule has 0 aliphatic carbocycles. The third-order valence-corrected chi connectivity index (χ3v) is 4.05. The number of ether oxygens (including phenoxy) is 2. The summed E-state index contributed by atoms with van der Waals surface area (Å²) in [4.78, 5) is 3.93. The SMILES string of the molecule is COC(Cn1cncn1)c1ccc(Oc2ccc(Cl)cc2)cc1Cl. The molecular weight excluding hydrogens is 349 g/mol. The van der Waals surface area contributed by atoms with Crippen molar-refractivity contribution in [3.8, 4) is 11.5 Å². The number of benzene rings is 2. The van der Waals surface area contributed by atoms with Crippen LogP contribution in [0.4, 0.5) is 0 Å². The van der Waals surface area contributed by atoms with Gasteiger partial charge in [-0.1, -0.05) is 29.3 Å². The van der Waals surface area contributed by atoms with Gasteiger partial charge in [-0.3, -0.25) is 4.68 Å². The Bertz CT molecular complexity index is 792. The highest BCUT2D eigenvalue weighted by molar-refractivity contribution is 6.31. The molecule has 1 unspecified atom stereocenters. The summed E-state index contributed by atoms with van der Waals surface area (Å²) in [5.41, 5.74) is 0.859. The minimum Gasteiger partial charge on any atom is -0.457 e. The van der Waals surface area contributed by atoms with E-state index in [2.05, 4.69) is 10.1 Å². The largest absolute Gasteiger partial charge is 0.457 e.